The third-order valence-corrected chi connectivity index (χ3v) is 5.41. The Balaban J connectivity index is 1.56. The Morgan fingerprint density at radius 3 is 2.52 bits per heavy atom. The van der Waals surface area contributed by atoms with E-state index in [1.807, 2.05) is 31.2 Å². The van der Waals surface area contributed by atoms with Gasteiger partial charge < -0.3 is 19.3 Å². The van der Waals surface area contributed by atoms with E-state index in [4.69, 9.17) is 14.0 Å². The van der Waals surface area contributed by atoms with E-state index in [9.17, 15) is 10.1 Å². The van der Waals surface area contributed by atoms with Crippen molar-refractivity contribution in [3.63, 3.8) is 0 Å². The molecule has 1 N–H and O–H groups in total. The van der Waals surface area contributed by atoms with Crippen molar-refractivity contribution < 1.29 is 18.8 Å². The molecule has 4 rings (SSSR count). The van der Waals surface area contributed by atoms with Crippen LogP contribution in [0.25, 0.3) is 11.1 Å². The van der Waals surface area contributed by atoms with Crippen molar-refractivity contribution in [3.05, 3.63) is 41.3 Å². The predicted molar refractivity (Wildman–Crippen MR) is 104 cm³/mol. The van der Waals surface area contributed by atoms with Gasteiger partial charge in [-0.1, -0.05) is 29.4 Å². The molecule has 2 fully saturated rings. The van der Waals surface area contributed by atoms with E-state index in [1.54, 1.807) is 6.92 Å². The van der Waals surface area contributed by atoms with Crippen LogP contribution in [-0.4, -0.2) is 61.0 Å². The first-order valence-electron chi connectivity index (χ1n) is 9.84. The van der Waals surface area contributed by atoms with E-state index in [0.717, 1.165) is 11.1 Å². The molecule has 1 aromatic carbocycles. The molecular weight excluding hydrogens is 372 g/mol. The molecule has 3 heterocycles. The van der Waals surface area contributed by atoms with Gasteiger partial charge in [-0.05, 0) is 25.0 Å². The Hall–Kier alpha value is -2.73. The zero-order valence-corrected chi connectivity index (χ0v) is 16.6. The number of benzene rings is 1. The topological polar surface area (TPSA) is 101 Å². The van der Waals surface area contributed by atoms with Crippen LogP contribution in [-0.2, 0) is 9.47 Å². The van der Waals surface area contributed by atoms with Gasteiger partial charge in [-0.25, -0.2) is 0 Å². The molecule has 8 heteroatoms. The molecule has 8 nitrogen and oxygen atoms in total. The van der Waals surface area contributed by atoms with Gasteiger partial charge >= 0.3 is 0 Å². The third-order valence-electron chi connectivity index (χ3n) is 5.41. The molecule has 0 spiro atoms. The Bertz CT molecular complexity index is 904. The Morgan fingerprint density at radius 1 is 1.28 bits per heavy atom. The normalized spacial score (nSPS) is 22.7. The lowest BCUT2D eigenvalue weighted by Crippen LogP contribution is -2.36. The van der Waals surface area contributed by atoms with Crippen molar-refractivity contribution >= 4 is 5.91 Å². The van der Waals surface area contributed by atoms with E-state index in [2.05, 4.69) is 21.4 Å². The van der Waals surface area contributed by atoms with Crippen LogP contribution in [0.15, 0.2) is 28.8 Å². The van der Waals surface area contributed by atoms with E-state index in [0.29, 0.717) is 44.2 Å². The van der Waals surface area contributed by atoms with Crippen molar-refractivity contribution in [2.45, 2.75) is 32.1 Å². The molecule has 2 aliphatic rings. The fraction of sp³-hybridized carbons (Fsp3) is 0.476. The average molecular weight is 396 g/mol. The number of carbonyl (C=O) groups is 1. The van der Waals surface area contributed by atoms with Crippen molar-refractivity contribution in [1.29, 1.82) is 5.26 Å². The largest absolute Gasteiger partial charge is 0.372 e. The van der Waals surface area contributed by atoms with Gasteiger partial charge in [0, 0.05) is 19.6 Å². The van der Waals surface area contributed by atoms with Crippen LogP contribution < -0.4 is 5.32 Å². The maximum atomic E-state index is 12.3. The second-order valence-electron chi connectivity index (χ2n) is 7.25. The van der Waals surface area contributed by atoms with E-state index in [1.165, 1.54) is 0 Å². The van der Waals surface area contributed by atoms with Gasteiger partial charge in [0.15, 0.2) is 5.69 Å². The monoisotopic (exact) mass is 396 g/mol. The van der Waals surface area contributed by atoms with Crippen LogP contribution in [0.3, 0.4) is 0 Å². The summed E-state index contributed by atoms with van der Waals surface area (Å²) in [6.07, 6.45) is 0.0522. The number of nitrogens with one attached hydrogen (secondary N) is 1. The average Bonchev–Trinajstić information content (AvgIpc) is 3.33. The fourth-order valence-corrected chi connectivity index (χ4v) is 4.01. The molecule has 0 bridgehead atoms. The summed E-state index contributed by atoms with van der Waals surface area (Å²) in [4.78, 5) is 14.4. The van der Waals surface area contributed by atoms with Gasteiger partial charge in [-0.2, -0.15) is 5.26 Å². The van der Waals surface area contributed by atoms with Gasteiger partial charge in [0.1, 0.15) is 11.8 Å². The molecule has 0 radical (unpaired) electrons. The highest BCUT2D eigenvalue weighted by molar-refractivity contribution is 5.99. The Kier molecular flexibility index (Phi) is 5.62. The fourth-order valence-electron chi connectivity index (χ4n) is 4.01. The second-order valence-corrected chi connectivity index (χ2v) is 7.25. The number of likely N-dealkylation sites (tertiary alicyclic amines) is 1. The number of hydrogen-bond acceptors (Lipinski definition) is 7. The number of hydrogen-bond donors (Lipinski definition) is 1. The summed E-state index contributed by atoms with van der Waals surface area (Å²) in [6, 6.07) is 9.66. The van der Waals surface area contributed by atoms with Gasteiger partial charge in [0.2, 0.25) is 0 Å². The highest BCUT2D eigenvalue weighted by Crippen LogP contribution is 2.32. The predicted octanol–water partition coefficient (Wildman–Crippen LogP) is 2.06. The summed E-state index contributed by atoms with van der Waals surface area (Å²) in [5.41, 5.74) is 2.66. The Labute approximate surface area is 169 Å². The summed E-state index contributed by atoms with van der Waals surface area (Å²) in [5, 5.41) is 16.5. The van der Waals surface area contributed by atoms with Crippen LogP contribution in [0.2, 0.25) is 0 Å². The minimum atomic E-state index is -0.381. The molecule has 2 aliphatic heterocycles. The minimum Gasteiger partial charge on any atom is -0.372 e. The molecule has 3 atom stereocenters. The number of amides is 1. The molecule has 0 aliphatic carbocycles. The van der Waals surface area contributed by atoms with Gasteiger partial charge in [-0.15, -0.1) is 0 Å². The summed E-state index contributed by atoms with van der Waals surface area (Å²) < 4.78 is 16.8. The number of rotatable bonds is 5. The van der Waals surface area contributed by atoms with Crippen molar-refractivity contribution in [2.75, 3.05) is 32.8 Å². The van der Waals surface area contributed by atoms with Crippen molar-refractivity contribution in [3.8, 4) is 17.2 Å². The zero-order valence-electron chi connectivity index (χ0n) is 16.6. The highest BCUT2D eigenvalue weighted by Gasteiger charge is 2.39. The maximum Gasteiger partial charge on any atom is 0.274 e. The first-order chi connectivity index (χ1) is 14.1. The number of carbonyl (C=O) groups excluding carboxylic acids is 1. The quantitative estimate of drug-likeness (QED) is 0.826. The number of aromatic nitrogens is 1. The molecular formula is C21H24N4O4. The van der Waals surface area contributed by atoms with E-state index >= 15 is 0 Å². The van der Waals surface area contributed by atoms with Crippen LogP contribution in [0.4, 0.5) is 0 Å². The molecule has 2 saturated heterocycles. The van der Waals surface area contributed by atoms with E-state index in [-0.39, 0.29) is 29.9 Å². The summed E-state index contributed by atoms with van der Waals surface area (Å²) in [7, 11) is 0. The standard InChI is InChI=1S/C21H24N4O4/c1-3-23-21(26)20-19(13(2)29-24-20)15-6-4-14(5-7-15)16(10-22)25-11-17-18(12-25)28-9-8-27-17/h4-7,16-18H,3,8-9,11-12H2,1-2H3,(H,23,26). The van der Waals surface area contributed by atoms with Gasteiger partial charge in [-0.3, -0.25) is 9.69 Å². The van der Waals surface area contributed by atoms with Crippen LogP contribution in [0.1, 0.15) is 34.8 Å². The number of aryl methyl sites for hydroxylation is 1. The summed E-state index contributed by atoms with van der Waals surface area (Å²) >= 11 is 0. The molecule has 2 aromatic rings. The molecule has 3 unspecified atom stereocenters. The van der Waals surface area contributed by atoms with E-state index < -0.39 is 0 Å². The molecule has 1 amide bonds. The number of nitrogens with zero attached hydrogens (tertiary/aromatic N) is 3. The second kappa shape index (κ2) is 8.33. The number of nitriles is 1. The molecule has 152 valence electrons. The lowest BCUT2D eigenvalue weighted by Gasteiger charge is -2.24. The molecule has 29 heavy (non-hydrogen) atoms. The van der Waals surface area contributed by atoms with Gasteiger partial charge in [0.05, 0.1) is 37.1 Å². The number of fused-ring (bicyclic) bond motifs is 1. The third kappa shape index (κ3) is 3.77. The maximum absolute atomic E-state index is 12.3. The first-order valence-corrected chi connectivity index (χ1v) is 9.84. The van der Waals surface area contributed by atoms with Gasteiger partial charge in [0.25, 0.3) is 5.91 Å². The van der Waals surface area contributed by atoms with Crippen molar-refractivity contribution in [1.82, 2.24) is 15.4 Å². The van der Waals surface area contributed by atoms with Crippen molar-refractivity contribution in [2.24, 2.45) is 0 Å². The van der Waals surface area contributed by atoms with Crippen LogP contribution in [0.5, 0.6) is 0 Å². The smallest absolute Gasteiger partial charge is 0.274 e. The number of ether oxygens (including phenoxy) is 2. The SMILES string of the molecule is CCNC(=O)c1noc(C)c1-c1ccc(C(C#N)N2CC3OCCOC3C2)cc1. The molecule has 1 aromatic heterocycles. The zero-order chi connectivity index (χ0) is 20.4. The highest BCUT2D eigenvalue weighted by atomic mass is 16.6. The molecule has 0 saturated carbocycles. The minimum absolute atomic E-state index is 0.0261. The Morgan fingerprint density at radius 2 is 1.93 bits per heavy atom. The summed E-state index contributed by atoms with van der Waals surface area (Å²) in [5.74, 6) is 0.312. The lowest BCUT2D eigenvalue weighted by atomic mass is 9.99. The lowest BCUT2D eigenvalue weighted by molar-refractivity contribution is -0.116. The first kappa shape index (κ1) is 19.6. The van der Waals surface area contributed by atoms with Crippen LogP contribution >= 0.6 is 0 Å². The van der Waals surface area contributed by atoms with Crippen LogP contribution in [0, 0.1) is 18.3 Å². The summed E-state index contributed by atoms with van der Waals surface area (Å²) in [6.45, 7) is 6.71.